The molecule has 0 saturated carbocycles. The van der Waals surface area contributed by atoms with Gasteiger partial charge in [0.1, 0.15) is 10.6 Å². The fourth-order valence-electron chi connectivity index (χ4n) is 4.86. The minimum Gasteiger partial charge on any atom is -0.479 e. The van der Waals surface area contributed by atoms with Crippen molar-refractivity contribution in [1.82, 2.24) is 5.32 Å². The van der Waals surface area contributed by atoms with Crippen LogP contribution in [-0.4, -0.2) is 67.3 Å². The Balaban J connectivity index is 1.72. The van der Waals surface area contributed by atoms with Gasteiger partial charge in [-0.15, -0.1) is 13.2 Å². The largest absolute Gasteiger partial charge is 0.573 e. The molecule has 1 atom stereocenters. The topological polar surface area (TPSA) is 164 Å². The Bertz CT molecular complexity index is 1830. The van der Waals surface area contributed by atoms with Crippen LogP contribution in [-0.2, 0) is 27.5 Å². The molecule has 3 aromatic carbocycles. The van der Waals surface area contributed by atoms with E-state index in [1.807, 2.05) is 6.07 Å². The molecular formula is C32H28F3NO9S. The molecule has 0 saturated heterocycles. The number of benzene rings is 3. The van der Waals surface area contributed by atoms with E-state index in [0.717, 1.165) is 55.0 Å². The van der Waals surface area contributed by atoms with Crippen molar-refractivity contribution < 1.29 is 55.7 Å². The van der Waals surface area contributed by atoms with Gasteiger partial charge in [-0.1, -0.05) is 30.3 Å². The Hall–Kier alpha value is -4.82. The molecule has 0 spiro atoms. The zero-order chi connectivity index (χ0) is 33.8. The van der Waals surface area contributed by atoms with Gasteiger partial charge in [0.15, 0.2) is 27.5 Å². The number of halogens is 3. The lowest BCUT2D eigenvalue weighted by Gasteiger charge is -2.17. The molecule has 242 valence electrons. The maximum atomic E-state index is 13.8. The molecule has 46 heavy (non-hydrogen) atoms. The number of amides is 1. The van der Waals surface area contributed by atoms with Crippen LogP contribution in [0.1, 0.15) is 60.6 Å². The second-order valence-corrected chi connectivity index (χ2v) is 12.5. The number of rotatable bonds is 11. The Morgan fingerprint density at radius 1 is 0.891 bits per heavy atom. The van der Waals surface area contributed by atoms with E-state index in [2.05, 4.69) is 10.1 Å². The number of carboxylic acids is 1. The van der Waals surface area contributed by atoms with Gasteiger partial charge >= 0.3 is 12.3 Å². The van der Waals surface area contributed by atoms with Crippen LogP contribution < -0.4 is 10.1 Å². The second kappa shape index (κ2) is 13.7. The summed E-state index contributed by atoms with van der Waals surface area (Å²) in [6.45, 7) is -0.549. The number of alkyl halides is 3. The molecule has 4 rings (SSSR count). The predicted molar refractivity (Wildman–Crippen MR) is 158 cm³/mol. The summed E-state index contributed by atoms with van der Waals surface area (Å²) in [7, 11) is -4.28. The number of hydrogen-bond acceptors (Lipinski definition) is 8. The first-order valence-electron chi connectivity index (χ1n) is 13.9. The van der Waals surface area contributed by atoms with E-state index >= 15 is 0 Å². The zero-order valence-electron chi connectivity index (χ0n) is 24.3. The number of carbonyl (C=O) groups is 4. The lowest BCUT2D eigenvalue weighted by atomic mass is 9.87. The molecule has 0 radical (unpaired) electrons. The molecule has 0 bridgehead atoms. The first-order chi connectivity index (χ1) is 21.5. The summed E-state index contributed by atoms with van der Waals surface area (Å²) >= 11 is 0. The number of aliphatic hydroxyl groups excluding tert-OH is 1. The van der Waals surface area contributed by atoms with Crippen molar-refractivity contribution in [3.05, 3.63) is 100 Å². The normalized spacial score (nSPS) is 14.2. The molecule has 0 heterocycles. The molecule has 10 nitrogen and oxygen atoms in total. The van der Waals surface area contributed by atoms with Gasteiger partial charge in [-0.25, -0.2) is 13.2 Å². The molecule has 0 unspecified atom stereocenters. The van der Waals surface area contributed by atoms with Crippen LogP contribution in [0.25, 0.3) is 5.57 Å². The number of fused-ring (bicyclic) bond motifs is 1. The summed E-state index contributed by atoms with van der Waals surface area (Å²) in [6.07, 6.45) is -1.84. The van der Waals surface area contributed by atoms with E-state index in [9.17, 15) is 45.9 Å². The van der Waals surface area contributed by atoms with Crippen molar-refractivity contribution in [2.75, 3.05) is 12.8 Å². The van der Waals surface area contributed by atoms with E-state index in [0.29, 0.717) is 17.9 Å². The number of Topliss-reactive ketones (excluding diaryl/α,β-unsaturated/α-hetero) is 1. The Labute approximate surface area is 261 Å². The van der Waals surface area contributed by atoms with Crippen molar-refractivity contribution in [2.24, 2.45) is 0 Å². The first-order valence-corrected chi connectivity index (χ1v) is 15.7. The first kappa shape index (κ1) is 34.1. The molecular weight excluding hydrogens is 631 g/mol. The van der Waals surface area contributed by atoms with E-state index in [1.165, 1.54) is 24.3 Å². The fourth-order valence-corrected chi connectivity index (χ4v) is 5.68. The number of allylic oxidation sites excluding steroid dienone is 2. The summed E-state index contributed by atoms with van der Waals surface area (Å²) in [5.74, 6) is -4.74. The number of carboxylic acid groups (broad SMARTS) is 1. The highest BCUT2D eigenvalue weighted by atomic mass is 32.2. The minimum atomic E-state index is -5.19. The van der Waals surface area contributed by atoms with Crippen LogP contribution in [0.15, 0.2) is 71.6 Å². The number of ketones is 2. The Kier molecular flexibility index (Phi) is 10.1. The molecule has 1 amide bonds. The average molecular weight is 660 g/mol. The van der Waals surface area contributed by atoms with Gasteiger partial charge in [-0.05, 0) is 78.8 Å². The highest BCUT2D eigenvalue weighted by molar-refractivity contribution is 7.90. The Morgan fingerprint density at radius 2 is 1.48 bits per heavy atom. The summed E-state index contributed by atoms with van der Waals surface area (Å²) < 4.78 is 67.0. The van der Waals surface area contributed by atoms with E-state index in [1.54, 1.807) is 12.1 Å². The van der Waals surface area contributed by atoms with Gasteiger partial charge in [0.2, 0.25) is 0 Å². The van der Waals surface area contributed by atoms with Gasteiger partial charge in [0.05, 0.1) is 6.54 Å². The average Bonchev–Trinajstić information content (AvgIpc) is 3.00. The van der Waals surface area contributed by atoms with E-state index in [-0.39, 0.29) is 22.3 Å². The number of aryl methyl sites for hydroxylation is 2. The third-order valence-corrected chi connectivity index (χ3v) is 8.30. The van der Waals surface area contributed by atoms with Gasteiger partial charge in [0.25, 0.3) is 5.91 Å². The van der Waals surface area contributed by atoms with Crippen LogP contribution >= 0.6 is 0 Å². The smallest absolute Gasteiger partial charge is 0.479 e. The van der Waals surface area contributed by atoms with Crippen molar-refractivity contribution in [3.8, 4) is 5.75 Å². The number of carbonyl (C=O) groups excluding carboxylic acids is 3. The van der Waals surface area contributed by atoms with Crippen molar-refractivity contribution in [3.63, 3.8) is 0 Å². The molecule has 0 aromatic heterocycles. The van der Waals surface area contributed by atoms with Crippen molar-refractivity contribution in [2.45, 2.75) is 43.0 Å². The number of sulfone groups is 1. The molecule has 3 aromatic rings. The summed E-state index contributed by atoms with van der Waals surface area (Å²) in [5, 5.41) is 20.4. The zero-order valence-corrected chi connectivity index (χ0v) is 25.1. The predicted octanol–water partition coefficient (Wildman–Crippen LogP) is 4.19. The second-order valence-electron chi connectivity index (χ2n) is 10.6. The number of aliphatic carboxylic acids is 1. The van der Waals surface area contributed by atoms with E-state index in [4.69, 9.17) is 5.11 Å². The summed E-state index contributed by atoms with van der Waals surface area (Å²) in [4.78, 5) is 49.6. The van der Waals surface area contributed by atoms with Crippen molar-refractivity contribution >= 4 is 38.9 Å². The van der Waals surface area contributed by atoms with E-state index < -0.39 is 62.9 Å². The summed E-state index contributed by atoms with van der Waals surface area (Å²) in [6, 6.07) is 12.9. The Morgan fingerprint density at radius 3 is 2.09 bits per heavy atom. The quantitative estimate of drug-likeness (QED) is 0.202. The third-order valence-electron chi connectivity index (χ3n) is 7.18. The van der Waals surface area contributed by atoms with Gasteiger partial charge in [-0.2, -0.15) is 0 Å². The lowest BCUT2D eigenvalue weighted by Crippen LogP contribution is -2.36. The maximum absolute atomic E-state index is 13.8. The number of hydrogen-bond donors (Lipinski definition) is 3. The molecule has 1 aliphatic carbocycles. The molecule has 0 fully saturated rings. The molecule has 1 aliphatic rings. The standard InChI is InChI=1S/C32H28F3NO9S/c1-46(43,44)28-15-23(12-13-27(28)45-32(33,34)35)25(37)16-24(22-11-6-18-4-2-3-5-21(18)14-22)29(39)19-7-9-20(10-8-19)30(40)36-17-26(38)31(41)42/h6-16,26,38H,2-5,17H2,1H3,(H,36,40)(H,41,42)/b24-16-/t26-/m1/s1. The van der Waals surface area contributed by atoms with Gasteiger partial charge < -0.3 is 20.3 Å². The third kappa shape index (κ3) is 8.46. The lowest BCUT2D eigenvalue weighted by molar-refractivity contribution is -0.275. The monoisotopic (exact) mass is 659 g/mol. The SMILES string of the molecule is CS(=O)(=O)c1cc(C(=O)/C=C(\C(=O)c2ccc(C(=O)NC[C@@H](O)C(=O)O)cc2)c2ccc3c(c2)CCCC3)ccc1OC(F)(F)F. The fraction of sp³-hybridized carbons (Fsp3) is 0.250. The highest BCUT2D eigenvalue weighted by Crippen LogP contribution is 2.32. The summed E-state index contributed by atoms with van der Waals surface area (Å²) in [5.41, 5.74) is 2.17. The molecule has 14 heteroatoms. The van der Waals surface area contributed by atoms with Gasteiger partial charge in [-0.3, -0.25) is 14.4 Å². The van der Waals surface area contributed by atoms with Crippen LogP contribution in [0.3, 0.4) is 0 Å². The maximum Gasteiger partial charge on any atom is 0.573 e. The number of aliphatic hydroxyl groups is 1. The number of nitrogens with one attached hydrogen (secondary N) is 1. The molecule has 0 aliphatic heterocycles. The van der Waals surface area contributed by atoms with Crippen LogP contribution in [0.5, 0.6) is 5.75 Å². The molecule has 3 N–H and O–H groups in total. The number of ether oxygens (including phenoxy) is 1. The minimum absolute atomic E-state index is 0.0546. The van der Waals surface area contributed by atoms with Crippen LogP contribution in [0.2, 0.25) is 0 Å². The van der Waals surface area contributed by atoms with Crippen LogP contribution in [0.4, 0.5) is 13.2 Å². The highest BCUT2D eigenvalue weighted by Gasteiger charge is 2.34. The van der Waals surface area contributed by atoms with Crippen molar-refractivity contribution in [1.29, 1.82) is 0 Å². The van der Waals surface area contributed by atoms with Gasteiger partial charge in [0, 0.05) is 28.5 Å². The van der Waals surface area contributed by atoms with Crippen LogP contribution in [0, 0.1) is 0 Å².